The average Bonchev–Trinajstić information content (AvgIpc) is 2.86. The molecule has 0 saturated heterocycles. The first-order chi connectivity index (χ1) is 9.02. The summed E-state index contributed by atoms with van der Waals surface area (Å²) >= 11 is 7.97. The summed E-state index contributed by atoms with van der Waals surface area (Å²) in [5, 5.41) is 9.93. The molecule has 0 spiro atoms. The maximum Gasteiger partial charge on any atom is 0.139 e. The first kappa shape index (κ1) is 14.4. The molecule has 0 bridgehead atoms. The van der Waals surface area contributed by atoms with Crippen molar-refractivity contribution in [3.63, 3.8) is 0 Å². The van der Waals surface area contributed by atoms with E-state index in [1.165, 1.54) is 0 Å². The number of aromatic nitrogens is 2. The lowest BCUT2D eigenvalue weighted by atomic mass is 10.1. The van der Waals surface area contributed by atoms with Crippen LogP contribution in [0.4, 0.5) is 0 Å². The molecule has 2 rings (SSSR count). The molecule has 19 heavy (non-hydrogen) atoms. The van der Waals surface area contributed by atoms with Crippen LogP contribution in [0.1, 0.15) is 34.8 Å². The monoisotopic (exact) mass is 296 g/mol. The van der Waals surface area contributed by atoms with E-state index in [9.17, 15) is 0 Å². The standard InChI is InChI=1S/C14H17ClN2OS/c1-14(2,18-3)9-11-16-17-13(19-11)12(15)10-7-5-4-6-8-10/h4-8,12H,9H2,1-3H3. The first-order valence-corrected chi connectivity index (χ1v) is 7.33. The van der Waals surface area contributed by atoms with E-state index in [2.05, 4.69) is 10.2 Å². The third-order valence-corrected chi connectivity index (χ3v) is 4.50. The summed E-state index contributed by atoms with van der Waals surface area (Å²) in [6, 6.07) is 9.91. The zero-order chi connectivity index (χ0) is 13.9. The van der Waals surface area contributed by atoms with Gasteiger partial charge in [0.25, 0.3) is 0 Å². The van der Waals surface area contributed by atoms with Crippen molar-refractivity contribution in [3.05, 3.63) is 45.9 Å². The smallest absolute Gasteiger partial charge is 0.139 e. The van der Waals surface area contributed by atoms with Crippen molar-refractivity contribution < 1.29 is 4.74 Å². The van der Waals surface area contributed by atoms with Crippen molar-refractivity contribution >= 4 is 22.9 Å². The molecule has 0 aliphatic rings. The van der Waals surface area contributed by atoms with Gasteiger partial charge < -0.3 is 4.74 Å². The van der Waals surface area contributed by atoms with Gasteiger partial charge in [-0.25, -0.2) is 0 Å². The molecule has 1 aromatic carbocycles. The molecule has 0 fully saturated rings. The van der Waals surface area contributed by atoms with Crippen LogP contribution in [-0.2, 0) is 11.2 Å². The SMILES string of the molecule is COC(C)(C)Cc1nnc(C(Cl)c2ccccc2)s1. The fraction of sp³-hybridized carbons (Fsp3) is 0.429. The first-order valence-electron chi connectivity index (χ1n) is 6.08. The van der Waals surface area contributed by atoms with Gasteiger partial charge in [-0.1, -0.05) is 41.7 Å². The van der Waals surface area contributed by atoms with Crippen LogP contribution in [0, 0.1) is 0 Å². The Morgan fingerprint density at radius 2 is 1.95 bits per heavy atom. The van der Waals surface area contributed by atoms with Crippen LogP contribution < -0.4 is 0 Å². The van der Waals surface area contributed by atoms with Crippen LogP contribution in [0.25, 0.3) is 0 Å². The summed E-state index contributed by atoms with van der Waals surface area (Å²) in [4.78, 5) is 0. The van der Waals surface area contributed by atoms with Crippen molar-refractivity contribution in [2.24, 2.45) is 0 Å². The Bertz CT molecular complexity index is 527. The molecule has 2 aromatic rings. The number of hydrogen-bond acceptors (Lipinski definition) is 4. The fourth-order valence-electron chi connectivity index (χ4n) is 1.64. The lowest BCUT2D eigenvalue weighted by Crippen LogP contribution is -2.25. The Hall–Kier alpha value is -0.970. The highest BCUT2D eigenvalue weighted by Crippen LogP contribution is 2.31. The number of methoxy groups -OCH3 is 1. The third-order valence-electron chi connectivity index (χ3n) is 2.92. The minimum atomic E-state index is -0.238. The number of ether oxygens (including phenoxy) is 1. The molecule has 1 aromatic heterocycles. The van der Waals surface area contributed by atoms with E-state index in [0.717, 1.165) is 22.0 Å². The number of rotatable bonds is 5. The van der Waals surface area contributed by atoms with Gasteiger partial charge in [0.1, 0.15) is 15.4 Å². The van der Waals surface area contributed by atoms with Crippen LogP contribution in [0.15, 0.2) is 30.3 Å². The molecule has 0 saturated carbocycles. The molecular weight excluding hydrogens is 280 g/mol. The second-order valence-corrected chi connectivity index (χ2v) is 6.48. The topological polar surface area (TPSA) is 35.0 Å². The van der Waals surface area contributed by atoms with E-state index >= 15 is 0 Å². The van der Waals surface area contributed by atoms with E-state index in [1.807, 2.05) is 44.2 Å². The zero-order valence-corrected chi connectivity index (χ0v) is 12.8. The summed E-state index contributed by atoms with van der Waals surface area (Å²) in [7, 11) is 1.70. The lowest BCUT2D eigenvalue weighted by molar-refractivity contribution is 0.0230. The van der Waals surface area contributed by atoms with Gasteiger partial charge in [0, 0.05) is 13.5 Å². The number of hydrogen-bond donors (Lipinski definition) is 0. The van der Waals surface area contributed by atoms with E-state index in [0.29, 0.717) is 0 Å². The Labute approximate surface area is 122 Å². The van der Waals surface area contributed by atoms with Crippen LogP contribution in [0.5, 0.6) is 0 Å². The van der Waals surface area contributed by atoms with Gasteiger partial charge in [-0.3, -0.25) is 0 Å². The summed E-state index contributed by atoms with van der Waals surface area (Å²) < 4.78 is 5.40. The van der Waals surface area contributed by atoms with Gasteiger partial charge in [-0.2, -0.15) is 0 Å². The molecule has 3 nitrogen and oxygen atoms in total. The molecule has 1 unspecified atom stereocenters. The summed E-state index contributed by atoms with van der Waals surface area (Å²) in [6.45, 7) is 4.06. The lowest BCUT2D eigenvalue weighted by Gasteiger charge is -2.20. The normalized spacial score (nSPS) is 13.5. The van der Waals surface area contributed by atoms with Gasteiger partial charge in [-0.15, -0.1) is 21.8 Å². The van der Waals surface area contributed by atoms with E-state index in [-0.39, 0.29) is 11.0 Å². The van der Waals surface area contributed by atoms with Crippen molar-refractivity contribution in [2.45, 2.75) is 31.2 Å². The quantitative estimate of drug-likeness (QED) is 0.787. The zero-order valence-electron chi connectivity index (χ0n) is 11.3. The minimum Gasteiger partial charge on any atom is -0.378 e. The molecule has 102 valence electrons. The highest BCUT2D eigenvalue weighted by Gasteiger charge is 2.22. The average molecular weight is 297 g/mol. The Morgan fingerprint density at radius 3 is 2.58 bits per heavy atom. The van der Waals surface area contributed by atoms with Crippen LogP contribution in [0.2, 0.25) is 0 Å². The molecule has 0 N–H and O–H groups in total. The number of halogens is 1. The van der Waals surface area contributed by atoms with E-state index in [1.54, 1.807) is 18.4 Å². The van der Waals surface area contributed by atoms with Crippen molar-refractivity contribution in [2.75, 3.05) is 7.11 Å². The van der Waals surface area contributed by atoms with Gasteiger partial charge in [0.2, 0.25) is 0 Å². The number of nitrogens with zero attached hydrogens (tertiary/aromatic N) is 2. The molecular formula is C14H17ClN2OS. The predicted octanol–water partition coefficient (Wildman–Crippen LogP) is 3.83. The van der Waals surface area contributed by atoms with Gasteiger partial charge in [0.15, 0.2) is 0 Å². The van der Waals surface area contributed by atoms with Crippen LogP contribution in [-0.4, -0.2) is 22.9 Å². The Morgan fingerprint density at radius 1 is 1.26 bits per heavy atom. The Balaban J connectivity index is 2.13. The second kappa shape index (κ2) is 5.99. The number of alkyl halides is 1. The minimum absolute atomic E-state index is 0.231. The molecule has 0 radical (unpaired) electrons. The second-order valence-electron chi connectivity index (χ2n) is 4.95. The molecule has 1 heterocycles. The van der Waals surface area contributed by atoms with Crippen molar-refractivity contribution in [1.82, 2.24) is 10.2 Å². The van der Waals surface area contributed by atoms with Crippen molar-refractivity contribution in [1.29, 1.82) is 0 Å². The highest BCUT2D eigenvalue weighted by molar-refractivity contribution is 7.11. The molecule has 0 amide bonds. The summed E-state index contributed by atoms with van der Waals surface area (Å²) in [5.74, 6) is 0. The summed E-state index contributed by atoms with van der Waals surface area (Å²) in [5.41, 5.74) is 0.809. The Kier molecular flexibility index (Phi) is 4.55. The van der Waals surface area contributed by atoms with E-state index in [4.69, 9.17) is 16.3 Å². The molecule has 1 atom stereocenters. The van der Waals surface area contributed by atoms with Crippen LogP contribution >= 0.6 is 22.9 Å². The van der Waals surface area contributed by atoms with Gasteiger partial charge in [0.05, 0.1) is 5.60 Å². The maximum atomic E-state index is 6.43. The largest absolute Gasteiger partial charge is 0.378 e. The molecule has 5 heteroatoms. The molecule has 0 aliphatic carbocycles. The number of benzene rings is 1. The molecule has 0 aliphatic heterocycles. The predicted molar refractivity (Wildman–Crippen MR) is 78.8 cm³/mol. The van der Waals surface area contributed by atoms with E-state index < -0.39 is 0 Å². The maximum absolute atomic E-state index is 6.43. The van der Waals surface area contributed by atoms with Gasteiger partial charge in [-0.05, 0) is 19.4 Å². The summed E-state index contributed by atoms with van der Waals surface area (Å²) in [6.07, 6.45) is 0.736. The highest BCUT2D eigenvalue weighted by atomic mass is 35.5. The van der Waals surface area contributed by atoms with Crippen molar-refractivity contribution in [3.8, 4) is 0 Å². The third kappa shape index (κ3) is 3.75. The van der Waals surface area contributed by atoms with Crippen LogP contribution in [0.3, 0.4) is 0 Å². The van der Waals surface area contributed by atoms with Gasteiger partial charge >= 0.3 is 0 Å². The fourth-order valence-corrected chi connectivity index (χ4v) is 3.03.